The minimum Gasteiger partial charge on any atom is -0.311 e. The summed E-state index contributed by atoms with van der Waals surface area (Å²) >= 11 is 0. The number of rotatable bonds is 2. The van der Waals surface area contributed by atoms with Crippen LogP contribution < -0.4 is 5.32 Å². The van der Waals surface area contributed by atoms with E-state index in [1.807, 2.05) is 13.8 Å². The molecule has 1 rings (SSSR count). The quantitative estimate of drug-likeness (QED) is 0.676. The van der Waals surface area contributed by atoms with Gasteiger partial charge in [0.1, 0.15) is 5.67 Å². The van der Waals surface area contributed by atoms with Gasteiger partial charge in [-0.15, -0.1) is 0 Å². The van der Waals surface area contributed by atoms with E-state index in [2.05, 4.69) is 5.32 Å². The van der Waals surface area contributed by atoms with Gasteiger partial charge in [0, 0.05) is 6.04 Å². The van der Waals surface area contributed by atoms with Crippen LogP contribution in [0.1, 0.15) is 40.0 Å². The van der Waals surface area contributed by atoms with Crippen LogP contribution in [0.4, 0.5) is 4.39 Å². The largest absolute Gasteiger partial charge is 0.311 e. The van der Waals surface area contributed by atoms with E-state index < -0.39 is 5.67 Å². The van der Waals surface area contributed by atoms with E-state index >= 15 is 0 Å². The predicted molar refractivity (Wildman–Crippen MR) is 50.0 cm³/mol. The van der Waals surface area contributed by atoms with Crippen molar-refractivity contribution >= 4 is 0 Å². The highest BCUT2D eigenvalue weighted by atomic mass is 19.1. The first-order chi connectivity index (χ1) is 5.55. The molecule has 0 aromatic heterocycles. The topological polar surface area (TPSA) is 12.0 Å². The van der Waals surface area contributed by atoms with Crippen molar-refractivity contribution in [3.05, 3.63) is 0 Å². The standard InChI is InChI=1S/C10H20FN/c1-8(2)10(3,11)9-6-4-5-7-12-9/h8-9,12H,4-7H2,1-3H3. The van der Waals surface area contributed by atoms with Gasteiger partial charge in [0.05, 0.1) is 0 Å². The average Bonchev–Trinajstić information content (AvgIpc) is 2.06. The number of hydrogen-bond donors (Lipinski definition) is 1. The lowest BCUT2D eigenvalue weighted by Gasteiger charge is -2.37. The van der Waals surface area contributed by atoms with Crippen molar-refractivity contribution in [3.63, 3.8) is 0 Å². The van der Waals surface area contributed by atoms with Crippen molar-refractivity contribution in [3.8, 4) is 0 Å². The average molecular weight is 173 g/mol. The first-order valence-electron chi connectivity index (χ1n) is 4.97. The fourth-order valence-corrected chi connectivity index (χ4v) is 1.74. The maximum atomic E-state index is 14.0. The van der Waals surface area contributed by atoms with Gasteiger partial charge < -0.3 is 5.32 Å². The first-order valence-corrected chi connectivity index (χ1v) is 4.97. The Balaban J connectivity index is 2.53. The van der Waals surface area contributed by atoms with Gasteiger partial charge in [-0.25, -0.2) is 4.39 Å². The van der Waals surface area contributed by atoms with Crippen molar-refractivity contribution < 1.29 is 4.39 Å². The number of halogens is 1. The van der Waals surface area contributed by atoms with Crippen molar-refractivity contribution in [2.75, 3.05) is 6.54 Å². The highest BCUT2D eigenvalue weighted by Crippen LogP contribution is 2.29. The molecular weight excluding hydrogens is 153 g/mol. The lowest BCUT2D eigenvalue weighted by Crippen LogP contribution is -2.51. The van der Waals surface area contributed by atoms with Gasteiger partial charge in [-0.1, -0.05) is 20.3 Å². The summed E-state index contributed by atoms with van der Waals surface area (Å²) in [6.45, 7) is 6.62. The normalized spacial score (nSPS) is 30.2. The number of alkyl halides is 1. The van der Waals surface area contributed by atoms with Crippen LogP contribution in [0.25, 0.3) is 0 Å². The number of hydrogen-bond acceptors (Lipinski definition) is 1. The van der Waals surface area contributed by atoms with Crippen LogP contribution in [0.5, 0.6) is 0 Å². The van der Waals surface area contributed by atoms with Gasteiger partial charge in [0.2, 0.25) is 0 Å². The van der Waals surface area contributed by atoms with Crippen LogP contribution in [0.15, 0.2) is 0 Å². The molecule has 0 bridgehead atoms. The molecule has 0 saturated carbocycles. The molecule has 1 fully saturated rings. The van der Waals surface area contributed by atoms with Crippen LogP contribution in [0.2, 0.25) is 0 Å². The van der Waals surface area contributed by atoms with Crippen molar-refractivity contribution in [1.82, 2.24) is 5.32 Å². The van der Waals surface area contributed by atoms with Crippen LogP contribution in [-0.2, 0) is 0 Å². The molecule has 12 heavy (non-hydrogen) atoms. The highest BCUT2D eigenvalue weighted by Gasteiger charge is 2.37. The maximum absolute atomic E-state index is 14.0. The molecule has 72 valence electrons. The summed E-state index contributed by atoms with van der Waals surface area (Å²) in [7, 11) is 0. The summed E-state index contributed by atoms with van der Waals surface area (Å²) in [6.07, 6.45) is 3.36. The smallest absolute Gasteiger partial charge is 0.125 e. The van der Waals surface area contributed by atoms with Crippen molar-refractivity contribution in [2.45, 2.75) is 51.7 Å². The number of nitrogens with one attached hydrogen (secondary N) is 1. The van der Waals surface area contributed by atoms with E-state index in [9.17, 15) is 4.39 Å². The summed E-state index contributed by atoms with van der Waals surface area (Å²) in [6, 6.07) is 0.0752. The fourth-order valence-electron chi connectivity index (χ4n) is 1.74. The molecule has 2 unspecified atom stereocenters. The molecule has 1 N–H and O–H groups in total. The Morgan fingerprint density at radius 1 is 1.42 bits per heavy atom. The lowest BCUT2D eigenvalue weighted by atomic mass is 9.83. The van der Waals surface area contributed by atoms with Crippen LogP contribution >= 0.6 is 0 Å². The molecule has 0 aromatic rings. The first kappa shape index (κ1) is 9.97. The van der Waals surface area contributed by atoms with Gasteiger partial charge in [0.25, 0.3) is 0 Å². The summed E-state index contributed by atoms with van der Waals surface area (Å²) in [5.74, 6) is 0.105. The lowest BCUT2D eigenvalue weighted by molar-refractivity contribution is 0.0594. The molecule has 2 heteroatoms. The third-order valence-electron chi connectivity index (χ3n) is 3.12. The summed E-state index contributed by atoms with van der Waals surface area (Å²) in [5, 5.41) is 3.27. The Kier molecular flexibility index (Phi) is 3.10. The second-order valence-electron chi connectivity index (χ2n) is 4.31. The zero-order valence-electron chi connectivity index (χ0n) is 8.36. The minimum absolute atomic E-state index is 0.0752. The van der Waals surface area contributed by atoms with E-state index in [4.69, 9.17) is 0 Å². The predicted octanol–water partition coefficient (Wildman–Crippen LogP) is 2.51. The summed E-state index contributed by atoms with van der Waals surface area (Å²) < 4.78 is 14.0. The molecule has 2 atom stereocenters. The third-order valence-corrected chi connectivity index (χ3v) is 3.12. The molecule has 1 aliphatic heterocycles. The Hall–Kier alpha value is -0.110. The van der Waals surface area contributed by atoms with E-state index in [1.165, 1.54) is 12.8 Å². The maximum Gasteiger partial charge on any atom is 0.125 e. The monoisotopic (exact) mass is 173 g/mol. The molecule has 1 aliphatic rings. The number of piperidine rings is 1. The Labute approximate surface area is 74.7 Å². The summed E-state index contributed by atoms with van der Waals surface area (Å²) in [5.41, 5.74) is -1.04. The summed E-state index contributed by atoms with van der Waals surface area (Å²) in [4.78, 5) is 0. The van der Waals surface area contributed by atoms with Gasteiger partial charge >= 0.3 is 0 Å². The zero-order valence-corrected chi connectivity index (χ0v) is 8.36. The Morgan fingerprint density at radius 2 is 2.08 bits per heavy atom. The van der Waals surface area contributed by atoms with Crippen LogP contribution in [0, 0.1) is 5.92 Å². The van der Waals surface area contributed by atoms with Crippen molar-refractivity contribution in [1.29, 1.82) is 0 Å². The molecule has 1 nitrogen and oxygen atoms in total. The fraction of sp³-hybridized carbons (Fsp3) is 1.00. The molecule has 0 amide bonds. The van der Waals surface area contributed by atoms with Gasteiger partial charge in [-0.3, -0.25) is 0 Å². The SMILES string of the molecule is CC(C)C(C)(F)C1CCCCN1. The highest BCUT2D eigenvalue weighted by molar-refractivity contribution is 4.92. The molecule has 0 radical (unpaired) electrons. The van der Waals surface area contributed by atoms with Gasteiger partial charge in [0.15, 0.2) is 0 Å². The van der Waals surface area contributed by atoms with Gasteiger partial charge in [-0.2, -0.15) is 0 Å². The second kappa shape index (κ2) is 3.73. The molecule has 0 spiro atoms. The Bertz CT molecular complexity index is 137. The second-order valence-corrected chi connectivity index (χ2v) is 4.31. The third kappa shape index (κ3) is 1.98. The van der Waals surface area contributed by atoms with Crippen LogP contribution in [0.3, 0.4) is 0 Å². The van der Waals surface area contributed by atoms with Crippen molar-refractivity contribution in [2.24, 2.45) is 5.92 Å². The molecule has 0 aromatic carbocycles. The van der Waals surface area contributed by atoms with E-state index in [0.717, 1.165) is 13.0 Å². The van der Waals surface area contributed by atoms with Crippen LogP contribution in [-0.4, -0.2) is 18.3 Å². The van der Waals surface area contributed by atoms with E-state index in [-0.39, 0.29) is 12.0 Å². The Morgan fingerprint density at radius 3 is 2.50 bits per heavy atom. The van der Waals surface area contributed by atoms with Gasteiger partial charge in [-0.05, 0) is 32.2 Å². The zero-order chi connectivity index (χ0) is 9.19. The van der Waals surface area contributed by atoms with E-state index in [0.29, 0.717) is 0 Å². The molecule has 1 heterocycles. The van der Waals surface area contributed by atoms with E-state index in [1.54, 1.807) is 6.92 Å². The molecule has 1 saturated heterocycles. The molecular formula is C10H20FN. The minimum atomic E-state index is -1.04. The molecule has 0 aliphatic carbocycles.